The number of aryl methyl sites for hydroxylation is 1. The number of rotatable bonds is 7. The first kappa shape index (κ1) is 18.8. The number of aromatic nitrogens is 1. The van der Waals surface area contributed by atoms with Crippen molar-refractivity contribution in [2.45, 2.75) is 19.8 Å². The van der Waals surface area contributed by atoms with Crippen LogP contribution >= 0.6 is 0 Å². The number of hydrogen-bond donors (Lipinski definition) is 1. The highest BCUT2D eigenvalue weighted by atomic mass is 16.5. The van der Waals surface area contributed by atoms with Gasteiger partial charge in [-0.15, -0.1) is 0 Å². The Bertz CT molecular complexity index is 1130. The van der Waals surface area contributed by atoms with Crippen molar-refractivity contribution >= 4 is 11.5 Å². The molecule has 2 heterocycles. The zero-order valence-corrected chi connectivity index (χ0v) is 16.3. The Morgan fingerprint density at radius 1 is 0.966 bits per heavy atom. The molecule has 4 aromatic rings. The third-order valence-electron chi connectivity index (χ3n) is 5.13. The lowest BCUT2D eigenvalue weighted by molar-refractivity contribution is -0.139. The van der Waals surface area contributed by atoms with E-state index < -0.39 is 5.97 Å². The summed E-state index contributed by atoms with van der Waals surface area (Å²) in [5, 5.41) is 8.92. The van der Waals surface area contributed by atoms with E-state index in [0.717, 1.165) is 18.4 Å². The van der Waals surface area contributed by atoms with Crippen LogP contribution in [-0.2, 0) is 17.6 Å². The van der Waals surface area contributed by atoms with E-state index in [2.05, 4.69) is 53.8 Å². The van der Waals surface area contributed by atoms with Crippen molar-refractivity contribution in [2.75, 3.05) is 6.61 Å². The number of fused-ring (bicyclic) bond motifs is 1. The molecule has 2 aromatic carbocycles. The summed E-state index contributed by atoms with van der Waals surface area (Å²) in [6.07, 6.45) is 3.71. The maximum Gasteiger partial charge on any atom is 0.341 e. The fraction of sp³-hybridized carbons (Fsp3) is 0.160. The number of carbonyl (C=O) groups is 1. The molecular weight excluding hydrogens is 362 g/mol. The van der Waals surface area contributed by atoms with Crippen LogP contribution in [0.25, 0.3) is 16.6 Å². The minimum atomic E-state index is -0.979. The second-order valence-corrected chi connectivity index (χ2v) is 7.02. The van der Waals surface area contributed by atoms with Crippen LogP contribution in [0.1, 0.15) is 23.7 Å². The first-order chi connectivity index (χ1) is 14.2. The van der Waals surface area contributed by atoms with E-state index in [-0.39, 0.29) is 6.61 Å². The summed E-state index contributed by atoms with van der Waals surface area (Å²) in [4.78, 5) is 10.9. The highest BCUT2D eigenvalue weighted by Crippen LogP contribution is 2.28. The smallest absolute Gasteiger partial charge is 0.341 e. The average Bonchev–Trinajstić information content (AvgIpc) is 3.11. The molecule has 0 atom stereocenters. The van der Waals surface area contributed by atoms with Crippen molar-refractivity contribution in [3.05, 3.63) is 95.8 Å². The first-order valence-electron chi connectivity index (χ1n) is 9.76. The summed E-state index contributed by atoms with van der Waals surface area (Å²) in [5.41, 5.74) is 6.99. The monoisotopic (exact) mass is 385 g/mol. The van der Waals surface area contributed by atoms with Crippen molar-refractivity contribution in [2.24, 2.45) is 0 Å². The Hall–Kier alpha value is -3.53. The Kier molecular flexibility index (Phi) is 5.34. The van der Waals surface area contributed by atoms with Crippen molar-refractivity contribution in [3.8, 4) is 16.9 Å². The molecule has 0 saturated carbocycles. The molecule has 0 radical (unpaired) electrons. The van der Waals surface area contributed by atoms with Gasteiger partial charge in [-0.1, -0.05) is 61.5 Å². The van der Waals surface area contributed by atoms with Gasteiger partial charge < -0.3 is 14.2 Å². The normalized spacial score (nSPS) is 10.9. The standard InChI is InChI=1S/C25H23NO3/c1-2-19-16-23-24(29-17-25(27)28)9-6-14-26(23)22(19)15-18-10-12-21(13-11-18)20-7-4-3-5-8-20/h3-14,16H,2,15,17H2,1H3,(H,27,28). The van der Waals surface area contributed by atoms with E-state index in [4.69, 9.17) is 9.84 Å². The number of benzene rings is 2. The highest BCUT2D eigenvalue weighted by molar-refractivity contribution is 5.70. The van der Waals surface area contributed by atoms with Gasteiger partial charge in [0, 0.05) is 18.3 Å². The first-order valence-corrected chi connectivity index (χ1v) is 9.76. The number of carboxylic acid groups (broad SMARTS) is 1. The largest absolute Gasteiger partial charge is 0.480 e. The summed E-state index contributed by atoms with van der Waals surface area (Å²) in [6, 6.07) is 24.8. The number of ether oxygens (including phenoxy) is 1. The molecule has 2 aromatic heterocycles. The highest BCUT2D eigenvalue weighted by Gasteiger charge is 2.14. The molecule has 1 N–H and O–H groups in total. The third-order valence-corrected chi connectivity index (χ3v) is 5.13. The van der Waals surface area contributed by atoms with E-state index in [1.807, 2.05) is 36.5 Å². The van der Waals surface area contributed by atoms with E-state index in [1.165, 1.54) is 27.9 Å². The van der Waals surface area contributed by atoms with Gasteiger partial charge >= 0.3 is 5.97 Å². The van der Waals surface area contributed by atoms with Gasteiger partial charge in [0.05, 0.1) is 5.52 Å². The molecule has 29 heavy (non-hydrogen) atoms. The summed E-state index contributed by atoms with van der Waals surface area (Å²) in [6.45, 7) is 1.79. The number of pyridine rings is 1. The molecule has 0 fully saturated rings. The Morgan fingerprint density at radius 3 is 2.38 bits per heavy atom. The molecule has 0 aliphatic carbocycles. The molecule has 0 saturated heterocycles. The maximum absolute atomic E-state index is 10.9. The second-order valence-electron chi connectivity index (χ2n) is 7.02. The van der Waals surface area contributed by atoms with Crippen molar-refractivity contribution in [1.82, 2.24) is 4.40 Å². The molecular formula is C25H23NO3. The minimum absolute atomic E-state index is 0.345. The molecule has 0 aliphatic heterocycles. The molecule has 0 bridgehead atoms. The van der Waals surface area contributed by atoms with Gasteiger partial charge in [0.15, 0.2) is 6.61 Å². The fourth-order valence-corrected chi connectivity index (χ4v) is 3.69. The van der Waals surface area contributed by atoms with Crippen LogP contribution in [0.4, 0.5) is 0 Å². The zero-order chi connectivity index (χ0) is 20.2. The quantitative estimate of drug-likeness (QED) is 0.474. The number of aliphatic carboxylic acids is 1. The minimum Gasteiger partial charge on any atom is -0.480 e. The summed E-state index contributed by atoms with van der Waals surface area (Å²) in [7, 11) is 0. The Labute approximate surface area is 170 Å². The predicted molar refractivity (Wildman–Crippen MR) is 115 cm³/mol. The van der Waals surface area contributed by atoms with Crippen LogP contribution in [0, 0.1) is 0 Å². The van der Waals surface area contributed by atoms with E-state index in [0.29, 0.717) is 5.75 Å². The molecule has 0 amide bonds. The van der Waals surface area contributed by atoms with Crippen LogP contribution in [0.5, 0.6) is 5.75 Å². The Balaban J connectivity index is 1.65. The van der Waals surface area contributed by atoms with Gasteiger partial charge in [-0.05, 0) is 46.9 Å². The molecule has 146 valence electrons. The molecule has 4 heteroatoms. The van der Waals surface area contributed by atoms with E-state index in [9.17, 15) is 4.79 Å². The van der Waals surface area contributed by atoms with Gasteiger partial charge in [0.2, 0.25) is 0 Å². The van der Waals surface area contributed by atoms with Crippen LogP contribution < -0.4 is 4.74 Å². The van der Waals surface area contributed by atoms with Gasteiger partial charge in [-0.25, -0.2) is 4.79 Å². The molecule has 0 aliphatic rings. The summed E-state index contributed by atoms with van der Waals surface area (Å²) >= 11 is 0. The van der Waals surface area contributed by atoms with Gasteiger partial charge in [0.25, 0.3) is 0 Å². The average molecular weight is 385 g/mol. The van der Waals surface area contributed by atoms with Gasteiger partial charge in [-0.2, -0.15) is 0 Å². The third kappa shape index (κ3) is 4.02. The predicted octanol–water partition coefficient (Wildman–Crippen LogP) is 5.22. The van der Waals surface area contributed by atoms with Crippen LogP contribution in [-0.4, -0.2) is 22.1 Å². The van der Waals surface area contributed by atoms with E-state index >= 15 is 0 Å². The second kappa shape index (κ2) is 8.23. The number of hydrogen-bond acceptors (Lipinski definition) is 2. The van der Waals surface area contributed by atoms with Crippen molar-refractivity contribution in [3.63, 3.8) is 0 Å². The van der Waals surface area contributed by atoms with Gasteiger partial charge in [-0.3, -0.25) is 0 Å². The fourth-order valence-electron chi connectivity index (χ4n) is 3.69. The topological polar surface area (TPSA) is 50.9 Å². The van der Waals surface area contributed by atoms with Crippen molar-refractivity contribution < 1.29 is 14.6 Å². The summed E-state index contributed by atoms with van der Waals surface area (Å²) in [5.74, 6) is -0.386. The lowest BCUT2D eigenvalue weighted by Crippen LogP contribution is -2.10. The molecule has 4 nitrogen and oxygen atoms in total. The number of carboxylic acids is 1. The lowest BCUT2D eigenvalue weighted by Gasteiger charge is -2.09. The van der Waals surface area contributed by atoms with Crippen molar-refractivity contribution in [1.29, 1.82) is 0 Å². The zero-order valence-electron chi connectivity index (χ0n) is 16.3. The van der Waals surface area contributed by atoms with E-state index in [1.54, 1.807) is 0 Å². The van der Waals surface area contributed by atoms with Crippen LogP contribution in [0.15, 0.2) is 79.0 Å². The van der Waals surface area contributed by atoms with Crippen LogP contribution in [0.2, 0.25) is 0 Å². The SMILES string of the molecule is CCc1cc2c(OCC(=O)O)cccn2c1Cc1ccc(-c2ccccc2)cc1. The molecule has 4 rings (SSSR count). The molecule has 0 spiro atoms. The van der Waals surface area contributed by atoms with Gasteiger partial charge in [0.1, 0.15) is 5.75 Å². The maximum atomic E-state index is 10.9. The number of nitrogens with zero attached hydrogens (tertiary/aromatic N) is 1. The lowest BCUT2D eigenvalue weighted by atomic mass is 10.0. The van der Waals surface area contributed by atoms with Crippen LogP contribution in [0.3, 0.4) is 0 Å². The Morgan fingerprint density at radius 2 is 1.69 bits per heavy atom. The summed E-state index contributed by atoms with van der Waals surface area (Å²) < 4.78 is 7.60. The molecule has 0 unspecified atom stereocenters.